The second kappa shape index (κ2) is 4.29. The molecule has 1 atom stereocenters. The van der Waals surface area contributed by atoms with Crippen LogP contribution in [0.15, 0.2) is 24.5 Å². The van der Waals surface area contributed by atoms with E-state index >= 15 is 0 Å². The van der Waals surface area contributed by atoms with Crippen LogP contribution in [0.4, 0.5) is 0 Å². The van der Waals surface area contributed by atoms with Gasteiger partial charge in [-0.25, -0.2) is 0 Å². The van der Waals surface area contributed by atoms with E-state index in [1.807, 2.05) is 26.5 Å². The minimum Gasteiger partial charge on any atom is -0.319 e. The van der Waals surface area contributed by atoms with E-state index in [1.165, 1.54) is 18.4 Å². The Kier molecular flexibility index (Phi) is 3.03. The summed E-state index contributed by atoms with van der Waals surface area (Å²) in [5.74, 6) is 0. The number of hydrogen-bond donors (Lipinski definition) is 2. The summed E-state index contributed by atoms with van der Waals surface area (Å²) in [6.45, 7) is 1.08. The van der Waals surface area contributed by atoms with Crippen LogP contribution in [0, 0.1) is 5.41 Å². The molecule has 1 aromatic rings. The summed E-state index contributed by atoms with van der Waals surface area (Å²) in [5, 5.41) is 6.74. The van der Waals surface area contributed by atoms with Crippen molar-refractivity contribution in [3.05, 3.63) is 30.1 Å². The van der Waals surface area contributed by atoms with E-state index in [1.54, 1.807) is 0 Å². The fraction of sp³-hybridized carbons (Fsp3) is 0.583. The molecule has 82 valence electrons. The monoisotopic (exact) mass is 205 g/mol. The van der Waals surface area contributed by atoms with Gasteiger partial charge in [-0.3, -0.25) is 4.98 Å². The Morgan fingerprint density at radius 3 is 2.47 bits per heavy atom. The number of pyridine rings is 1. The molecule has 3 nitrogen and oxygen atoms in total. The lowest BCUT2D eigenvalue weighted by molar-refractivity contribution is 0.346. The van der Waals surface area contributed by atoms with E-state index in [2.05, 4.69) is 27.8 Å². The minimum absolute atomic E-state index is 0.421. The summed E-state index contributed by atoms with van der Waals surface area (Å²) in [6.07, 6.45) is 6.35. The standard InChI is InChI=1S/C12H19N3/c1-13-9-12(5-6-12)11(14-2)10-3-7-15-8-4-10/h3-4,7-8,11,13-14H,5-6,9H2,1-2H3. The maximum atomic E-state index is 4.07. The largest absolute Gasteiger partial charge is 0.319 e. The molecule has 3 heteroatoms. The molecule has 0 radical (unpaired) electrons. The molecule has 0 saturated heterocycles. The van der Waals surface area contributed by atoms with Crippen molar-refractivity contribution in [3.63, 3.8) is 0 Å². The van der Waals surface area contributed by atoms with Crippen molar-refractivity contribution in [1.29, 1.82) is 0 Å². The highest BCUT2D eigenvalue weighted by Crippen LogP contribution is 2.54. The lowest BCUT2D eigenvalue weighted by Crippen LogP contribution is -2.33. The van der Waals surface area contributed by atoms with Crippen LogP contribution < -0.4 is 10.6 Å². The highest BCUT2D eigenvalue weighted by atomic mass is 15.0. The van der Waals surface area contributed by atoms with Crippen LogP contribution in [0.5, 0.6) is 0 Å². The number of rotatable bonds is 5. The number of nitrogens with zero attached hydrogens (tertiary/aromatic N) is 1. The van der Waals surface area contributed by atoms with Crippen LogP contribution in [0.25, 0.3) is 0 Å². The molecular formula is C12H19N3. The molecule has 2 rings (SSSR count). The van der Waals surface area contributed by atoms with E-state index in [0.29, 0.717) is 11.5 Å². The zero-order valence-electron chi connectivity index (χ0n) is 9.46. The van der Waals surface area contributed by atoms with E-state index in [0.717, 1.165) is 6.54 Å². The molecule has 0 bridgehead atoms. The SMILES string of the molecule is CNCC1(C(NC)c2ccncc2)CC1. The van der Waals surface area contributed by atoms with E-state index < -0.39 is 0 Å². The third-order valence-electron chi connectivity index (χ3n) is 3.36. The average molecular weight is 205 g/mol. The van der Waals surface area contributed by atoms with Gasteiger partial charge in [0.25, 0.3) is 0 Å². The molecule has 15 heavy (non-hydrogen) atoms. The van der Waals surface area contributed by atoms with Crippen LogP contribution in [0.1, 0.15) is 24.4 Å². The van der Waals surface area contributed by atoms with Gasteiger partial charge in [-0.15, -0.1) is 0 Å². The van der Waals surface area contributed by atoms with Crippen LogP contribution in [0.3, 0.4) is 0 Å². The van der Waals surface area contributed by atoms with Crippen LogP contribution in [-0.2, 0) is 0 Å². The van der Waals surface area contributed by atoms with Gasteiger partial charge in [-0.2, -0.15) is 0 Å². The predicted octanol–water partition coefficient (Wildman–Crippen LogP) is 1.34. The summed E-state index contributed by atoms with van der Waals surface area (Å²) in [5.41, 5.74) is 1.77. The van der Waals surface area contributed by atoms with Gasteiger partial charge in [-0.05, 0) is 44.6 Å². The second-order valence-electron chi connectivity index (χ2n) is 4.39. The van der Waals surface area contributed by atoms with Crippen molar-refractivity contribution in [2.75, 3.05) is 20.6 Å². The predicted molar refractivity (Wildman–Crippen MR) is 61.6 cm³/mol. The average Bonchev–Trinajstić information content (AvgIpc) is 3.02. The van der Waals surface area contributed by atoms with E-state index in [-0.39, 0.29) is 0 Å². The number of aromatic nitrogens is 1. The molecule has 1 fully saturated rings. The number of nitrogens with one attached hydrogen (secondary N) is 2. The lowest BCUT2D eigenvalue weighted by atomic mass is 9.90. The topological polar surface area (TPSA) is 37.0 Å². The van der Waals surface area contributed by atoms with Crippen molar-refractivity contribution in [1.82, 2.24) is 15.6 Å². The molecule has 0 spiro atoms. The van der Waals surface area contributed by atoms with Gasteiger partial charge in [0.2, 0.25) is 0 Å². The molecular weight excluding hydrogens is 186 g/mol. The quantitative estimate of drug-likeness (QED) is 0.761. The van der Waals surface area contributed by atoms with E-state index in [4.69, 9.17) is 0 Å². The maximum Gasteiger partial charge on any atom is 0.0388 e. The lowest BCUT2D eigenvalue weighted by Gasteiger charge is -2.26. The Balaban J connectivity index is 2.18. The van der Waals surface area contributed by atoms with Gasteiger partial charge < -0.3 is 10.6 Å². The highest BCUT2D eigenvalue weighted by molar-refractivity contribution is 5.22. The first-order valence-electron chi connectivity index (χ1n) is 5.54. The molecule has 1 saturated carbocycles. The van der Waals surface area contributed by atoms with Gasteiger partial charge in [0, 0.05) is 30.4 Å². The molecule has 0 aromatic carbocycles. The minimum atomic E-state index is 0.421. The first-order chi connectivity index (χ1) is 7.32. The third-order valence-corrected chi connectivity index (χ3v) is 3.36. The zero-order chi connectivity index (χ0) is 10.7. The Morgan fingerprint density at radius 2 is 2.00 bits per heavy atom. The fourth-order valence-electron chi connectivity index (χ4n) is 2.46. The van der Waals surface area contributed by atoms with Crippen LogP contribution in [0.2, 0.25) is 0 Å². The second-order valence-corrected chi connectivity index (χ2v) is 4.39. The summed E-state index contributed by atoms with van der Waals surface area (Å²) in [6, 6.07) is 4.67. The molecule has 0 aliphatic heterocycles. The molecule has 1 aliphatic carbocycles. The van der Waals surface area contributed by atoms with Crippen LogP contribution in [-0.4, -0.2) is 25.6 Å². The Labute approximate surface area is 91.3 Å². The van der Waals surface area contributed by atoms with Crippen molar-refractivity contribution >= 4 is 0 Å². The Bertz CT molecular complexity index is 306. The first kappa shape index (κ1) is 10.6. The molecule has 2 N–H and O–H groups in total. The van der Waals surface area contributed by atoms with Gasteiger partial charge in [-0.1, -0.05) is 0 Å². The zero-order valence-corrected chi connectivity index (χ0v) is 9.46. The molecule has 1 aliphatic rings. The summed E-state index contributed by atoms with van der Waals surface area (Å²) >= 11 is 0. The van der Waals surface area contributed by atoms with Crippen molar-refractivity contribution in [2.45, 2.75) is 18.9 Å². The maximum absolute atomic E-state index is 4.07. The normalized spacial score (nSPS) is 19.9. The van der Waals surface area contributed by atoms with Crippen molar-refractivity contribution in [2.24, 2.45) is 5.41 Å². The van der Waals surface area contributed by atoms with Gasteiger partial charge in [0.15, 0.2) is 0 Å². The highest BCUT2D eigenvalue weighted by Gasteiger charge is 2.48. The fourth-order valence-corrected chi connectivity index (χ4v) is 2.46. The third kappa shape index (κ3) is 2.03. The van der Waals surface area contributed by atoms with Crippen LogP contribution >= 0.6 is 0 Å². The molecule has 1 unspecified atom stereocenters. The van der Waals surface area contributed by atoms with E-state index in [9.17, 15) is 0 Å². The van der Waals surface area contributed by atoms with Gasteiger partial charge >= 0.3 is 0 Å². The molecule has 1 heterocycles. The first-order valence-corrected chi connectivity index (χ1v) is 5.54. The Morgan fingerprint density at radius 1 is 1.33 bits per heavy atom. The Hall–Kier alpha value is -0.930. The van der Waals surface area contributed by atoms with Crippen molar-refractivity contribution < 1.29 is 0 Å². The van der Waals surface area contributed by atoms with Gasteiger partial charge in [0.05, 0.1) is 0 Å². The van der Waals surface area contributed by atoms with Gasteiger partial charge in [0.1, 0.15) is 0 Å². The summed E-state index contributed by atoms with van der Waals surface area (Å²) in [4.78, 5) is 4.07. The smallest absolute Gasteiger partial charge is 0.0388 e. The number of hydrogen-bond acceptors (Lipinski definition) is 3. The molecule has 0 amide bonds. The summed E-state index contributed by atoms with van der Waals surface area (Å²) in [7, 11) is 4.07. The molecule has 1 aromatic heterocycles. The summed E-state index contributed by atoms with van der Waals surface area (Å²) < 4.78 is 0. The van der Waals surface area contributed by atoms with Crippen molar-refractivity contribution in [3.8, 4) is 0 Å².